The third-order valence-corrected chi connectivity index (χ3v) is 3.82. The Bertz CT molecular complexity index is 430. The molecule has 118 valence electrons. The van der Waals surface area contributed by atoms with Crippen LogP contribution in [0.2, 0.25) is 0 Å². The van der Waals surface area contributed by atoms with Gasteiger partial charge < -0.3 is 10.4 Å². The van der Waals surface area contributed by atoms with Gasteiger partial charge in [0.25, 0.3) is 0 Å². The predicted octanol–water partition coefficient (Wildman–Crippen LogP) is 4.82. The summed E-state index contributed by atoms with van der Waals surface area (Å²) in [5.41, 5.74) is 2.60. The van der Waals surface area contributed by atoms with Crippen LogP contribution in [-0.4, -0.2) is 11.0 Å². The Hall–Kier alpha value is -1.51. The maximum Gasteiger partial charge on any atom is 0.224 e. The largest absolute Gasteiger partial charge is 0.507 e. The third-order valence-electron chi connectivity index (χ3n) is 3.82. The average molecular weight is 291 g/mol. The van der Waals surface area contributed by atoms with Crippen LogP contribution in [0.25, 0.3) is 0 Å². The first-order chi connectivity index (χ1) is 10.1. The van der Waals surface area contributed by atoms with Crippen LogP contribution in [0.4, 0.5) is 5.69 Å². The third kappa shape index (κ3) is 5.78. The molecule has 0 aliphatic rings. The molecule has 3 heteroatoms. The lowest BCUT2D eigenvalue weighted by molar-refractivity contribution is -0.116. The zero-order valence-electron chi connectivity index (χ0n) is 13.7. The van der Waals surface area contributed by atoms with Gasteiger partial charge in [0.2, 0.25) is 5.91 Å². The van der Waals surface area contributed by atoms with Crippen LogP contribution >= 0.6 is 0 Å². The summed E-state index contributed by atoms with van der Waals surface area (Å²) >= 11 is 0. The van der Waals surface area contributed by atoms with Gasteiger partial charge in [0.15, 0.2) is 0 Å². The minimum atomic E-state index is 0.0706. The Morgan fingerprint density at radius 1 is 1.00 bits per heavy atom. The number of hydrogen-bond acceptors (Lipinski definition) is 2. The molecular weight excluding hydrogens is 262 g/mol. The highest BCUT2D eigenvalue weighted by atomic mass is 16.3. The first-order valence-corrected chi connectivity index (χ1v) is 8.26. The minimum absolute atomic E-state index is 0.0706. The number of anilines is 1. The molecule has 1 amide bonds. The van der Waals surface area contributed by atoms with Crippen LogP contribution in [0.1, 0.15) is 70.4 Å². The average Bonchev–Trinajstić information content (AvgIpc) is 2.48. The number of carbonyl (C=O) groups excluding carboxylic acids is 1. The summed E-state index contributed by atoms with van der Waals surface area (Å²) in [6, 6.07) is 3.76. The summed E-state index contributed by atoms with van der Waals surface area (Å²) in [4.78, 5) is 12.0. The first-order valence-electron chi connectivity index (χ1n) is 8.26. The van der Waals surface area contributed by atoms with Crippen molar-refractivity contribution in [3.63, 3.8) is 0 Å². The van der Waals surface area contributed by atoms with Crippen LogP contribution in [0, 0.1) is 0 Å². The molecule has 3 nitrogen and oxygen atoms in total. The van der Waals surface area contributed by atoms with Crippen molar-refractivity contribution in [3.8, 4) is 5.75 Å². The van der Waals surface area contributed by atoms with E-state index in [1.807, 2.05) is 26.0 Å². The normalized spacial score (nSPS) is 10.6. The van der Waals surface area contributed by atoms with E-state index in [0.29, 0.717) is 12.2 Å². The number of aryl methyl sites for hydroxylation is 2. The number of rotatable bonds is 9. The fourth-order valence-corrected chi connectivity index (χ4v) is 2.48. The Kier molecular flexibility index (Phi) is 7.88. The highest BCUT2D eigenvalue weighted by molar-refractivity contribution is 5.91. The molecule has 0 aliphatic carbocycles. The van der Waals surface area contributed by atoms with Crippen molar-refractivity contribution in [1.29, 1.82) is 0 Å². The van der Waals surface area contributed by atoms with Gasteiger partial charge in [-0.15, -0.1) is 0 Å². The molecule has 0 atom stereocenters. The zero-order valence-corrected chi connectivity index (χ0v) is 13.7. The van der Waals surface area contributed by atoms with E-state index in [1.165, 1.54) is 19.3 Å². The summed E-state index contributed by atoms with van der Waals surface area (Å²) in [6.45, 7) is 6.20. The van der Waals surface area contributed by atoms with E-state index in [4.69, 9.17) is 0 Å². The Labute approximate surface area is 128 Å². The number of phenols is 1. The fraction of sp³-hybridized carbons (Fsp3) is 0.611. The van der Waals surface area contributed by atoms with E-state index < -0.39 is 0 Å². The van der Waals surface area contributed by atoms with Crippen molar-refractivity contribution in [1.82, 2.24) is 0 Å². The van der Waals surface area contributed by atoms with Crippen molar-refractivity contribution in [2.45, 2.75) is 72.1 Å². The highest BCUT2D eigenvalue weighted by Crippen LogP contribution is 2.28. The Morgan fingerprint density at radius 3 is 2.10 bits per heavy atom. The van der Waals surface area contributed by atoms with Gasteiger partial charge in [0.05, 0.1) is 0 Å². The summed E-state index contributed by atoms with van der Waals surface area (Å²) in [7, 11) is 0. The van der Waals surface area contributed by atoms with E-state index in [2.05, 4.69) is 12.2 Å². The number of carbonyl (C=O) groups is 1. The van der Waals surface area contributed by atoms with Crippen molar-refractivity contribution in [3.05, 3.63) is 23.3 Å². The van der Waals surface area contributed by atoms with Crippen molar-refractivity contribution in [2.75, 3.05) is 5.32 Å². The van der Waals surface area contributed by atoms with Crippen LogP contribution < -0.4 is 5.32 Å². The summed E-state index contributed by atoms with van der Waals surface area (Å²) in [5, 5.41) is 13.0. The van der Waals surface area contributed by atoms with Gasteiger partial charge in [0, 0.05) is 12.1 Å². The van der Waals surface area contributed by atoms with Gasteiger partial charge in [0.1, 0.15) is 5.75 Å². The number of nitrogens with one attached hydrogen (secondary N) is 1. The quantitative estimate of drug-likeness (QED) is 0.506. The standard InChI is InChI=1S/C18H29NO2/c1-4-7-8-9-10-11-17(20)19-16-12-14(5-2)18(21)15(6-3)13-16/h12-13,21H,4-11H2,1-3H3,(H,19,20). The SMILES string of the molecule is CCCCCCCC(=O)Nc1cc(CC)c(O)c(CC)c1. The van der Waals surface area contributed by atoms with E-state index in [-0.39, 0.29) is 5.91 Å². The van der Waals surface area contributed by atoms with E-state index >= 15 is 0 Å². The number of hydrogen-bond donors (Lipinski definition) is 2. The molecule has 0 fully saturated rings. The van der Waals surface area contributed by atoms with Gasteiger partial charge in [-0.05, 0) is 42.5 Å². The lowest BCUT2D eigenvalue weighted by atomic mass is 10.0. The summed E-state index contributed by atoms with van der Waals surface area (Å²) in [6.07, 6.45) is 7.86. The zero-order chi connectivity index (χ0) is 15.7. The molecule has 1 aromatic rings. The van der Waals surface area contributed by atoms with Gasteiger partial charge in [-0.2, -0.15) is 0 Å². The van der Waals surface area contributed by atoms with Crippen molar-refractivity contribution < 1.29 is 9.90 Å². The van der Waals surface area contributed by atoms with E-state index in [1.54, 1.807) is 0 Å². The van der Waals surface area contributed by atoms with Crippen LogP contribution in [0.15, 0.2) is 12.1 Å². The molecule has 1 rings (SSSR count). The van der Waals surface area contributed by atoms with E-state index in [9.17, 15) is 9.90 Å². The van der Waals surface area contributed by atoms with Gasteiger partial charge in [-0.1, -0.05) is 46.5 Å². The second kappa shape index (κ2) is 9.43. The molecule has 0 saturated heterocycles. The second-order valence-electron chi connectivity index (χ2n) is 5.56. The molecule has 0 bridgehead atoms. The minimum Gasteiger partial charge on any atom is -0.507 e. The fourth-order valence-electron chi connectivity index (χ4n) is 2.48. The summed E-state index contributed by atoms with van der Waals surface area (Å²) in [5.74, 6) is 0.443. The van der Waals surface area contributed by atoms with Crippen LogP contribution in [-0.2, 0) is 17.6 Å². The first kappa shape index (κ1) is 17.5. The molecule has 0 spiro atoms. The Morgan fingerprint density at radius 2 is 1.57 bits per heavy atom. The summed E-state index contributed by atoms with van der Waals surface area (Å²) < 4.78 is 0. The maximum atomic E-state index is 12.0. The monoisotopic (exact) mass is 291 g/mol. The lowest BCUT2D eigenvalue weighted by Crippen LogP contribution is -2.11. The molecule has 1 aromatic carbocycles. The topological polar surface area (TPSA) is 49.3 Å². The molecule has 0 aliphatic heterocycles. The number of phenolic OH excluding ortho intramolecular Hbond substituents is 1. The van der Waals surface area contributed by atoms with Gasteiger partial charge in [-0.3, -0.25) is 4.79 Å². The van der Waals surface area contributed by atoms with Crippen LogP contribution in [0.5, 0.6) is 5.75 Å². The second-order valence-corrected chi connectivity index (χ2v) is 5.56. The number of amides is 1. The predicted molar refractivity (Wildman–Crippen MR) is 88.9 cm³/mol. The van der Waals surface area contributed by atoms with Gasteiger partial charge in [-0.25, -0.2) is 0 Å². The molecule has 2 N–H and O–H groups in total. The molecule has 21 heavy (non-hydrogen) atoms. The highest BCUT2D eigenvalue weighted by Gasteiger charge is 2.09. The molecule has 0 unspecified atom stereocenters. The van der Waals surface area contributed by atoms with Gasteiger partial charge >= 0.3 is 0 Å². The molecule has 0 radical (unpaired) electrons. The number of benzene rings is 1. The van der Waals surface area contributed by atoms with Crippen molar-refractivity contribution >= 4 is 11.6 Å². The Balaban J connectivity index is 2.55. The molecular formula is C18H29NO2. The molecule has 0 saturated carbocycles. The van der Waals surface area contributed by atoms with E-state index in [0.717, 1.165) is 42.5 Å². The smallest absolute Gasteiger partial charge is 0.224 e. The molecule has 0 heterocycles. The lowest BCUT2D eigenvalue weighted by Gasteiger charge is -2.12. The molecule has 0 aromatic heterocycles. The number of aromatic hydroxyl groups is 1. The maximum absolute atomic E-state index is 12.0. The number of unbranched alkanes of at least 4 members (excludes halogenated alkanes) is 4. The van der Waals surface area contributed by atoms with Crippen molar-refractivity contribution in [2.24, 2.45) is 0 Å². The van der Waals surface area contributed by atoms with Crippen LogP contribution in [0.3, 0.4) is 0 Å².